The first-order valence-corrected chi connectivity index (χ1v) is 5.06. The molecule has 3 N–H and O–H groups in total. The number of H-pyrrole nitrogens is 1. The van der Waals surface area contributed by atoms with Gasteiger partial charge in [0.2, 0.25) is 0 Å². The second kappa shape index (κ2) is 3.90. The Balaban J connectivity index is 2.31. The van der Waals surface area contributed by atoms with E-state index in [1.54, 1.807) is 0 Å². The number of nitrogens with zero attached hydrogens (tertiary/aromatic N) is 1. The lowest BCUT2D eigenvalue weighted by atomic mass is 10.3. The number of halogens is 1. The molecule has 5 nitrogen and oxygen atoms in total. The summed E-state index contributed by atoms with van der Waals surface area (Å²) >= 11 is 3.37. The minimum Gasteiger partial charge on any atom is -0.465 e. The quantitative estimate of drug-likeness (QED) is 0.781. The molecule has 0 radical (unpaired) electrons. The third-order valence-electron chi connectivity index (χ3n) is 1.92. The first kappa shape index (κ1) is 9.97. The van der Waals surface area contributed by atoms with Crippen LogP contribution < -0.4 is 5.32 Å². The number of aromatic amines is 1. The predicted octanol–water partition coefficient (Wildman–Crippen LogP) is 2.09. The van der Waals surface area contributed by atoms with E-state index in [2.05, 4.69) is 31.2 Å². The summed E-state index contributed by atoms with van der Waals surface area (Å²) in [5.41, 5.74) is 1.69. The number of nitrogens with one attached hydrogen (secondary N) is 2. The van der Waals surface area contributed by atoms with E-state index in [-0.39, 0.29) is 6.54 Å². The smallest absolute Gasteiger partial charge is 0.405 e. The molecule has 78 valence electrons. The molecule has 0 unspecified atom stereocenters. The number of hydrogen-bond donors (Lipinski definition) is 3. The van der Waals surface area contributed by atoms with Gasteiger partial charge in [-0.15, -0.1) is 0 Å². The minimum atomic E-state index is -1.06. The van der Waals surface area contributed by atoms with Crippen LogP contribution in [0.25, 0.3) is 11.0 Å². The molecule has 1 heterocycles. The van der Waals surface area contributed by atoms with Crippen LogP contribution in [0.2, 0.25) is 0 Å². The van der Waals surface area contributed by atoms with E-state index in [9.17, 15) is 4.79 Å². The molecular formula is C9H8BrN3O2. The summed E-state index contributed by atoms with van der Waals surface area (Å²) in [6, 6.07) is 5.66. The number of hydrogen-bond acceptors (Lipinski definition) is 2. The zero-order chi connectivity index (χ0) is 10.8. The summed E-state index contributed by atoms with van der Waals surface area (Å²) in [5.74, 6) is 0.597. The first-order valence-electron chi connectivity index (χ1n) is 4.27. The molecule has 0 spiro atoms. The fourth-order valence-electron chi connectivity index (χ4n) is 1.29. The largest absolute Gasteiger partial charge is 0.465 e. The molecule has 2 aromatic rings. The Morgan fingerprint density at radius 2 is 2.40 bits per heavy atom. The topological polar surface area (TPSA) is 78.0 Å². The molecule has 6 heteroatoms. The van der Waals surface area contributed by atoms with Gasteiger partial charge in [0.15, 0.2) is 0 Å². The Kier molecular flexibility index (Phi) is 2.59. The van der Waals surface area contributed by atoms with E-state index < -0.39 is 6.09 Å². The number of carboxylic acid groups (broad SMARTS) is 1. The molecule has 2 rings (SSSR count). The van der Waals surface area contributed by atoms with Crippen molar-refractivity contribution in [2.75, 3.05) is 0 Å². The van der Waals surface area contributed by atoms with E-state index in [0.717, 1.165) is 15.5 Å². The van der Waals surface area contributed by atoms with Crippen molar-refractivity contribution < 1.29 is 9.90 Å². The molecule has 0 aliphatic rings. The zero-order valence-corrected chi connectivity index (χ0v) is 9.21. The molecule has 1 aromatic heterocycles. The van der Waals surface area contributed by atoms with E-state index in [1.165, 1.54) is 0 Å². The van der Waals surface area contributed by atoms with Crippen LogP contribution in [-0.4, -0.2) is 21.2 Å². The first-order chi connectivity index (χ1) is 7.16. The standard InChI is InChI=1S/C9H8BrN3O2/c10-5-2-1-3-6-8(5)13-7(12-6)4-11-9(14)15/h1-3,11H,4H2,(H,12,13)(H,14,15). The fraction of sp³-hybridized carbons (Fsp3) is 0.111. The Morgan fingerprint density at radius 3 is 3.07 bits per heavy atom. The fourth-order valence-corrected chi connectivity index (χ4v) is 1.75. The van der Waals surface area contributed by atoms with E-state index in [1.807, 2.05) is 18.2 Å². The van der Waals surface area contributed by atoms with Crippen LogP contribution in [0.3, 0.4) is 0 Å². The van der Waals surface area contributed by atoms with E-state index in [0.29, 0.717) is 5.82 Å². The number of rotatable bonds is 2. The highest BCUT2D eigenvalue weighted by Crippen LogP contribution is 2.21. The maximum atomic E-state index is 10.3. The van der Waals surface area contributed by atoms with Crippen LogP contribution in [0.5, 0.6) is 0 Å². The van der Waals surface area contributed by atoms with Crippen molar-refractivity contribution in [2.45, 2.75) is 6.54 Å². The van der Waals surface area contributed by atoms with Gasteiger partial charge in [-0.1, -0.05) is 6.07 Å². The monoisotopic (exact) mass is 269 g/mol. The van der Waals surface area contributed by atoms with Crippen LogP contribution in [0.1, 0.15) is 5.82 Å². The number of fused-ring (bicyclic) bond motifs is 1. The van der Waals surface area contributed by atoms with E-state index in [4.69, 9.17) is 5.11 Å². The number of carbonyl (C=O) groups is 1. The Labute approximate surface area is 93.6 Å². The molecule has 1 amide bonds. The van der Waals surface area contributed by atoms with Crippen molar-refractivity contribution >= 4 is 33.1 Å². The molecule has 1 aromatic carbocycles. The average Bonchev–Trinajstić information content (AvgIpc) is 2.59. The summed E-state index contributed by atoms with van der Waals surface area (Å²) in [7, 11) is 0. The third kappa shape index (κ3) is 2.10. The molecule has 0 bridgehead atoms. The Morgan fingerprint density at radius 1 is 1.60 bits per heavy atom. The van der Waals surface area contributed by atoms with Crippen molar-refractivity contribution in [2.24, 2.45) is 0 Å². The molecule has 0 aliphatic carbocycles. The van der Waals surface area contributed by atoms with Gasteiger partial charge in [0.1, 0.15) is 11.3 Å². The summed E-state index contributed by atoms with van der Waals surface area (Å²) in [5, 5.41) is 10.7. The molecule has 0 atom stereocenters. The Hall–Kier alpha value is -1.56. The highest BCUT2D eigenvalue weighted by atomic mass is 79.9. The summed E-state index contributed by atoms with van der Waals surface area (Å²) in [4.78, 5) is 17.6. The number of amides is 1. The summed E-state index contributed by atoms with van der Waals surface area (Å²) < 4.78 is 0.887. The van der Waals surface area contributed by atoms with Gasteiger partial charge in [-0.2, -0.15) is 0 Å². The second-order valence-corrected chi connectivity index (χ2v) is 3.83. The van der Waals surface area contributed by atoms with Crippen LogP contribution in [0.4, 0.5) is 4.79 Å². The van der Waals surface area contributed by atoms with Crippen LogP contribution in [0, 0.1) is 0 Å². The van der Waals surface area contributed by atoms with Crippen molar-refractivity contribution in [3.63, 3.8) is 0 Å². The SMILES string of the molecule is O=C(O)NCc1nc2c(Br)cccc2[nH]1. The van der Waals surface area contributed by atoms with Gasteiger partial charge in [-0.25, -0.2) is 9.78 Å². The molecular weight excluding hydrogens is 262 g/mol. The zero-order valence-electron chi connectivity index (χ0n) is 7.62. The lowest BCUT2D eigenvalue weighted by molar-refractivity contribution is 0.193. The highest BCUT2D eigenvalue weighted by Gasteiger charge is 2.05. The van der Waals surface area contributed by atoms with Crippen LogP contribution in [-0.2, 0) is 6.54 Å². The predicted molar refractivity (Wildman–Crippen MR) is 58.7 cm³/mol. The Bertz CT molecular complexity index is 509. The van der Waals surface area contributed by atoms with Gasteiger partial charge in [-0.05, 0) is 28.1 Å². The average molecular weight is 270 g/mol. The number of benzene rings is 1. The van der Waals surface area contributed by atoms with Gasteiger partial charge in [0, 0.05) is 4.47 Å². The molecule has 0 saturated heterocycles. The minimum absolute atomic E-state index is 0.177. The lowest BCUT2D eigenvalue weighted by Crippen LogP contribution is -2.20. The van der Waals surface area contributed by atoms with Gasteiger partial charge in [0.25, 0.3) is 0 Å². The van der Waals surface area contributed by atoms with Gasteiger partial charge in [0.05, 0.1) is 12.1 Å². The molecule has 0 aliphatic heterocycles. The molecule has 15 heavy (non-hydrogen) atoms. The van der Waals surface area contributed by atoms with Gasteiger partial charge >= 0.3 is 6.09 Å². The number of para-hydroxylation sites is 1. The second-order valence-electron chi connectivity index (χ2n) is 2.98. The third-order valence-corrected chi connectivity index (χ3v) is 2.56. The van der Waals surface area contributed by atoms with Crippen molar-refractivity contribution in [1.29, 1.82) is 0 Å². The lowest BCUT2D eigenvalue weighted by Gasteiger charge is -1.94. The molecule has 0 fully saturated rings. The summed E-state index contributed by atoms with van der Waals surface area (Å²) in [6.45, 7) is 0.177. The molecule has 0 saturated carbocycles. The summed E-state index contributed by atoms with van der Waals surface area (Å²) in [6.07, 6.45) is -1.06. The maximum Gasteiger partial charge on any atom is 0.405 e. The normalized spacial score (nSPS) is 10.5. The van der Waals surface area contributed by atoms with Gasteiger partial charge < -0.3 is 15.4 Å². The number of aromatic nitrogens is 2. The van der Waals surface area contributed by atoms with Gasteiger partial charge in [-0.3, -0.25) is 0 Å². The van der Waals surface area contributed by atoms with E-state index >= 15 is 0 Å². The van der Waals surface area contributed by atoms with Crippen molar-refractivity contribution in [3.8, 4) is 0 Å². The van der Waals surface area contributed by atoms with Crippen LogP contribution in [0.15, 0.2) is 22.7 Å². The van der Waals surface area contributed by atoms with Crippen molar-refractivity contribution in [3.05, 3.63) is 28.5 Å². The van der Waals surface area contributed by atoms with Crippen LogP contribution >= 0.6 is 15.9 Å². The van der Waals surface area contributed by atoms with Crippen molar-refractivity contribution in [1.82, 2.24) is 15.3 Å². The highest BCUT2D eigenvalue weighted by molar-refractivity contribution is 9.10. The maximum absolute atomic E-state index is 10.3. The number of imidazole rings is 1.